The van der Waals surface area contributed by atoms with Gasteiger partial charge in [0.05, 0.1) is 17.6 Å². The Labute approximate surface area is 191 Å². The maximum Gasteiger partial charge on any atom is 0.114 e. The largest absolute Gasteiger partial charge is 0.323 e. The van der Waals surface area contributed by atoms with Gasteiger partial charge in [0.2, 0.25) is 0 Å². The van der Waals surface area contributed by atoms with E-state index in [2.05, 4.69) is 59.2 Å². The highest BCUT2D eigenvalue weighted by atomic mass is 35.5. The van der Waals surface area contributed by atoms with Crippen molar-refractivity contribution in [2.45, 2.75) is 13.0 Å². The normalized spacial score (nSPS) is 11.2. The highest BCUT2D eigenvalue weighted by molar-refractivity contribution is 6.36. The zero-order valence-electron chi connectivity index (χ0n) is 16.8. The van der Waals surface area contributed by atoms with E-state index in [0.717, 1.165) is 28.8 Å². The highest BCUT2D eigenvalue weighted by Crippen LogP contribution is 2.28. The van der Waals surface area contributed by atoms with Gasteiger partial charge in [-0.1, -0.05) is 96.0 Å². The smallest absolute Gasteiger partial charge is 0.114 e. The molecule has 0 fully saturated rings. The summed E-state index contributed by atoms with van der Waals surface area (Å²) >= 11 is 12.9. The van der Waals surface area contributed by atoms with Crippen molar-refractivity contribution in [3.8, 4) is 11.1 Å². The van der Waals surface area contributed by atoms with Gasteiger partial charge in [-0.25, -0.2) is 4.98 Å². The minimum absolute atomic E-state index is 0.580. The molecule has 4 heteroatoms. The summed E-state index contributed by atoms with van der Waals surface area (Å²) in [4.78, 5) is 4.92. The third-order valence-electron chi connectivity index (χ3n) is 5.53. The van der Waals surface area contributed by atoms with Crippen LogP contribution in [0.3, 0.4) is 0 Å². The number of aromatic nitrogens is 2. The van der Waals surface area contributed by atoms with Crippen LogP contribution in [0.5, 0.6) is 0 Å². The topological polar surface area (TPSA) is 17.8 Å². The molecule has 0 saturated carbocycles. The summed E-state index contributed by atoms with van der Waals surface area (Å²) < 4.78 is 2.22. The van der Waals surface area contributed by atoms with Crippen LogP contribution >= 0.6 is 23.2 Å². The number of fused-ring (bicyclic) bond motifs is 1. The molecule has 0 atom stereocenters. The van der Waals surface area contributed by atoms with Crippen LogP contribution in [-0.4, -0.2) is 9.55 Å². The Kier molecular flexibility index (Phi) is 5.50. The summed E-state index contributed by atoms with van der Waals surface area (Å²) in [7, 11) is 0. The minimum Gasteiger partial charge on any atom is -0.323 e. The summed E-state index contributed by atoms with van der Waals surface area (Å²) in [5.74, 6) is 0.990. The number of nitrogens with zero attached hydrogens (tertiary/aromatic N) is 2. The van der Waals surface area contributed by atoms with Crippen LogP contribution in [0.4, 0.5) is 0 Å². The number of para-hydroxylation sites is 2. The van der Waals surface area contributed by atoms with Crippen molar-refractivity contribution in [1.82, 2.24) is 9.55 Å². The number of imidazole rings is 1. The Morgan fingerprint density at radius 2 is 1.29 bits per heavy atom. The van der Waals surface area contributed by atoms with Crippen molar-refractivity contribution in [3.63, 3.8) is 0 Å². The fourth-order valence-corrected chi connectivity index (χ4v) is 4.42. The molecule has 31 heavy (non-hydrogen) atoms. The molecule has 0 aliphatic rings. The average molecular weight is 443 g/mol. The van der Waals surface area contributed by atoms with Gasteiger partial charge in [-0.3, -0.25) is 0 Å². The van der Waals surface area contributed by atoms with Gasteiger partial charge in [0.15, 0.2) is 0 Å². The van der Waals surface area contributed by atoms with Crippen molar-refractivity contribution >= 4 is 34.2 Å². The summed E-state index contributed by atoms with van der Waals surface area (Å²) in [6.07, 6.45) is 0.728. The first-order valence-corrected chi connectivity index (χ1v) is 11.0. The fraction of sp³-hybridized carbons (Fsp3) is 0.0741. The second-order valence-corrected chi connectivity index (χ2v) is 8.36. The van der Waals surface area contributed by atoms with Gasteiger partial charge >= 0.3 is 0 Å². The van der Waals surface area contributed by atoms with Crippen LogP contribution < -0.4 is 0 Å². The minimum atomic E-state index is 0.580. The number of halogens is 2. The molecule has 0 aliphatic heterocycles. The lowest BCUT2D eigenvalue weighted by atomic mass is 10.0. The molecule has 1 aromatic heterocycles. The molecule has 5 aromatic rings. The van der Waals surface area contributed by atoms with Crippen molar-refractivity contribution in [3.05, 3.63) is 124 Å². The van der Waals surface area contributed by atoms with Gasteiger partial charge in [-0.2, -0.15) is 0 Å². The van der Waals surface area contributed by atoms with Gasteiger partial charge in [-0.05, 0) is 41.0 Å². The van der Waals surface area contributed by atoms with Gasteiger partial charge in [-0.15, -0.1) is 0 Å². The van der Waals surface area contributed by atoms with E-state index in [4.69, 9.17) is 28.2 Å². The van der Waals surface area contributed by atoms with E-state index in [9.17, 15) is 0 Å². The predicted molar refractivity (Wildman–Crippen MR) is 130 cm³/mol. The Morgan fingerprint density at radius 3 is 2.03 bits per heavy atom. The van der Waals surface area contributed by atoms with Gasteiger partial charge in [0.25, 0.3) is 0 Å². The van der Waals surface area contributed by atoms with Gasteiger partial charge < -0.3 is 4.57 Å². The summed E-state index contributed by atoms with van der Waals surface area (Å²) in [6, 6.07) is 32.9. The Balaban J connectivity index is 1.51. The molecule has 0 saturated heterocycles. The highest BCUT2D eigenvalue weighted by Gasteiger charge is 2.14. The predicted octanol–water partition coefficient (Wildman–Crippen LogP) is 7.65. The molecule has 0 bridgehead atoms. The monoisotopic (exact) mass is 442 g/mol. The lowest BCUT2D eigenvalue weighted by molar-refractivity contribution is 0.763. The molecule has 0 amide bonds. The average Bonchev–Trinajstić information content (AvgIpc) is 3.14. The van der Waals surface area contributed by atoms with E-state index in [0.29, 0.717) is 16.6 Å². The molecule has 0 spiro atoms. The zero-order valence-corrected chi connectivity index (χ0v) is 18.3. The second kappa shape index (κ2) is 8.58. The second-order valence-electron chi connectivity index (χ2n) is 7.54. The number of benzene rings is 4. The number of rotatable bonds is 5. The van der Waals surface area contributed by atoms with Crippen LogP contribution in [0.2, 0.25) is 10.0 Å². The fourth-order valence-electron chi connectivity index (χ4n) is 3.91. The van der Waals surface area contributed by atoms with E-state index in [-0.39, 0.29) is 0 Å². The molecule has 5 rings (SSSR count). The van der Waals surface area contributed by atoms with Crippen molar-refractivity contribution in [1.29, 1.82) is 0 Å². The van der Waals surface area contributed by atoms with E-state index in [1.807, 2.05) is 42.5 Å². The van der Waals surface area contributed by atoms with Crippen molar-refractivity contribution in [2.75, 3.05) is 0 Å². The third-order valence-corrected chi connectivity index (χ3v) is 6.24. The molecule has 4 aromatic carbocycles. The Morgan fingerprint density at radius 1 is 0.645 bits per heavy atom. The quantitative estimate of drug-likeness (QED) is 0.273. The van der Waals surface area contributed by atoms with E-state index < -0.39 is 0 Å². The standard InChI is InChI=1S/C27H20Cl2N2/c28-23-9-6-10-24(29)22(23)18-31-26-12-5-4-11-25(26)30-27(31)17-19-13-15-21(16-14-19)20-7-2-1-3-8-20/h1-16H,17-18H2. The SMILES string of the molecule is Clc1cccc(Cl)c1Cn1c(Cc2ccc(-c3ccccc3)cc2)nc2ccccc21. The Bertz CT molecular complexity index is 1320. The van der Waals surface area contributed by atoms with Gasteiger partial charge in [0, 0.05) is 22.0 Å². The van der Waals surface area contributed by atoms with E-state index in [1.165, 1.54) is 16.7 Å². The Hall–Kier alpha value is -3.07. The van der Waals surface area contributed by atoms with Crippen LogP contribution in [0.15, 0.2) is 97.1 Å². The maximum atomic E-state index is 6.47. The van der Waals surface area contributed by atoms with Crippen LogP contribution in [0.1, 0.15) is 17.0 Å². The molecule has 152 valence electrons. The number of hydrogen-bond donors (Lipinski definition) is 0. The molecule has 0 unspecified atom stereocenters. The zero-order chi connectivity index (χ0) is 21.2. The van der Waals surface area contributed by atoms with Crippen molar-refractivity contribution < 1.29 is 0 Å². The maximum absolute atomic E-state index is 6.47. The molecular weight excluding hydrogens is 423 g/mol. The van der Waals surface area contributed by atoms with Crippen LogP contribution in [-0.2, 0) is 13.0 Å². The lowest BCUT2D eigenvalue weighted by Gasteiger charge is -2.13. The number of hydrogen-bond acceptors (Lipinski definition) is 1. The summed E-state index contributed by atoms with van der Waals surface area (Å²) in [5, 5.41) is 1.34. The van der Waals surface area contributed by atoms with Crippen LogP contribution in [0, 0.1) is 0 Å². The first kappa shape index (κ1) is 19.9. The third kappa shape index (κ3) is 4.10. The molecule has 1 heterocycles. The van der Waals surface area contributed by atoms with E-state index >= 15 is 0 Å². The molecule has 0 radical (unpaired) electrons. The molecular formula is C27H20Cl2N2. The first-order valence-electron chi connectivity index (χ1n) is 10.2. The first-order chi connectivity index (χ1) is 15.2. The van der Waals surface area contributed by atoms with Gasteiger partial charge in [0.1, 0.15) is 5.82 Å². The molecule has 2 nitrogen and oxygen atoms in total. The molecule has 0 aliphatic carbocycles. The lowest BCUT2D eigenvalue weighted by Crippen LogP contribution is -2.07. The van der Waals surface area contributed by atoms with Crippen LogP contribution in [0.25, 0.3) is 22.2 Å². The van der Waals surface area contributed by atoms with Crippen molar-refractivity contribution in [2.24, 2.45) is 0 Å². The molecule has 0 N–H and O–H groups in total. The summed E-state index contributed by atoms with van der Waals surface area (Å²) in [6.45, 7) is 0.580. The van der Waals surface area contributed by atoms with E-state index in [1.54, 1.807) is 0 Å². The summed E-state index contributed by atoms with van der Waals surface area (Å²) in [5.41, 5.74) is 6.60.